The number of benzene rings is 7. The number of hydrogen-bond donors (Lipinski definition) is 0. The Labute approximate surface area is 313 Å². The number of aromatic nitrogens is 2. The first kappa shape index (κ1) is 30.7. The van der Waals surface area contributed by atoms with Gasteiger partial charge >= 0.3 is 0 Å². The molecule has 0 saturated heterocycles. The van der Waals surface area contributed by atoms with Crippen LogP contribution in [0.5, 0.6) is 0 Å². The van der Waals surface area contributed by atoms with E-state index in [2.05, 4.69) is 176 Å². The van der Waals surface area contributed by atoms with Gasteiger partial charge in [-0.1, -0.05) is 125 Å². The molecule has 9 aromatic rings. The van der Waals surface area contributed by atoms with Crippen LogP contribution >= 0.6 is 0 Å². The van der Waals surface area contributed by atoms with Crippen LogP contribution < -0.4 is 0 Å². The van der Waals surface area contributed by atoms with Gasteiger partial charge in [0, 0.05) is 38.1 Å². The summed E-state index contributed by atoms with van der Waals surface area (Å²) in [5, 5.41) is 26.3. The average Bonchev–Trinajstić information content (AvgIpc) is 3.86. The molecule has 4 nitrogen and oxygen atoms in total. The lowest BCUT2D eigenvalue weighted by Crippen LogP contribution is -2.15. The third kappa shape index (κ3) is 3.65. The zero-order valence-electron chi connectivity index (χ0n) is 30.5. The molecule has 2 aliphatic carbocycles. The first-order chi connectivity index (χ1) is 26.3. The standard InChI is InChI=1S/C50H34N4/c1-49(2)38-17-9-5-13-31(38)33-21-23-42-45(47(33)49)35-15-7-11-19-40(35)53(42)30-25-29(27-51)37(28-52)44(26-30)54-41-20-12-8-16-36(41)46-43(54)24-22-34-32-14-6-10-18-39(32)50(3,4)48(34)46/h5-26H,1-4H3. The number of nitrogens with zero attached hydrogens (tertiary/aromatic N) is 4. The van der Waals surface area contributed by atoms with Crippen molar-refractivity contribution in [2.24, 2.45) is 0 Å². The fourth-order valence-electron chi connectivity index (χ4n) is 10.3. The predicted octanol–water partition coefficient (Wildman–Crippen LogP) is 12.2. The maximum atomic E-state index is 10.8. The van der Waals surface area contributed by atoms with E-state index in [-0.39, 0.29) is 10.8 Å². The topological polar surface area (TPSA) is 57.4 Å². The Morgan fingerprint density at radius 1 is 0.463 bits per heavy atom. The smallest absolute Gasteiger partial charge is 0.103 e. The first-order valence-electron chi connectivity index (χ1n) is 18.6. The summed E-state index contributed by atoms with van der Waals surface area (Å²) in [4.78, 5) is 0. The quantitative estimate of drug-likeness (QED) is 0.181. The summed E-state index contributed by atoms with van der Waals surface area (Å²) < 4.78 is 4.51. The lowest BCUT2D eigenvalue weighted by molar-refractivity contribution is 0.666. The molecule has 0 spiro atoms. The second-order valence-electron chi connectivity index (χ2n) is 15.9. The highest BCUT2D eigenvalue weighted by Crippen LogP contribution is 2.55. The summed E-state index contributed by atoms with van der Waals surface area (Å²) in [6.45, 7) is 9.29. The van der Waals surface area contributed by atoms with Crippen molar-refractivity contribution in [2.75, 3.05) is 0 Å². The fraction of sp³-hybridized carbons (Fsp3) is 0.120. The minimum absolute atomic E-state index is 0.204. The Bertz CT molecular complexity index is 3240. The van der Waals surface area contributed by atoms with E-state index in [4.69, 9.17) is 0 Å². The number of fused-ring (bicyclic) bond motifs is 14. The van der Waals surface area contributed by atoms with Gasteiger partial charge in [0.1, 0.15) is 12.1 Å². The molecule has 2 heterocycles. The van der Waals surface area contributed by atoms with Gasteiger partial charge in [0.05, 0.1) is 38.9 Å². The molecular weight excluding hydrogens is 657 g/mol. The second-order valence-corrected chi connectivity index (χ2v) is 15.9. The Kier molecular flexibility index (Phi) is 5.90. The Hall–Kier alpha value is -6.88. The molecule has 0 radical (unpaired) electrons. The van der Waals surface area contributed by atoms with Gasteiger partial charge in [-0.25, -0.2) is 0 Å². The van der Waals surface area contributed by atoms with E-state index >= 15 is 0 Å². The van der Waals surface area contributed by atoms with Crippen LogP contribution in [0.4, 0.5) is 0 Å². The Morgan fingerprint density at radius 3 is 1.48 bits per heavy atom. The normalized spacial score (nSPS) is 14.6. The van der Waals surface area contributed by atoms with E-state index in [0.29, 0.717) is 16.8 Å². The molecule has 0 aliphatic heterocycles. The van der Waals surface area contributed by atoms with E-state index in [0.717, 1.165) is 33.1 Å². The molecule has 0 bridgehead atoms. The van der Waals surface area contributed by atoms with Gasteiger partial charge in [-0.05, 0) is 80.9 Å². The van der Waals surface area contributed by atoms with Gasteiger partial charge in [0.2, 0.25) is 0 Å². The molecule has 2 aromatic heterocycles. The molecular formula is C50H34N4. The predicted molar refractivity (Wildman–Crippen MR) is 220 cm³/mol. The van der Waals surface area contributed by atoms with E-state index in [1.807, 2.05) is 6.07 Å². The lowest BCUT2D eigenvalue weighted by Gasteiger charge is -2.23. The third-order valence-electron chi connectivity index (χ3n) is 12.5. The minimum atomic E-state index is -0.227. The number of hydrogen-bond acceptors (Lipinski definition) is 2. The van der Waals surface area contributed by atoms with Gasteiger partial charge < -0.3 is 9.13 Å². The van der Waals surface area contributed by atoms with Crippen molar-refractivity contribution in [1.29, 1.82) is 10.5 Å². The van der Waals surface area contributed by atoms with E-state index in [1.165, 1.54) is 60.7 Å². The van der Waals surface area contributed by atoms with Crippen molar-refractivity contribution in [3.8, 4) is 45.8 Å². The Balaban J connectivity index is 1.25. The van der Waals surface area contributed by atoms with Crippen LogP contribution in [0.2, 0.25) is 0 Å². The molecule has 0 N–H and O–H groups in total. The fourth-order valence-corrected chi connectivity index (χ4v) is 10.3. The maximum Gasteiger partial charge on any atom is 0.103 e. The van der Waals surface area contributed by atoms with Gasteiger partial charge in [0.25, 0.3) is 0 Å². The van der Waals surface area contributed by atoms with Crippen molar-refractivity contribution >= 4 is 43.6 Å². The highest BCUT2D eigenvalue weighted by Gasteiger charge is 2.39. The van der Waals surface area contributed by atoms with Crippen LogP contribution in [-0.2, 0) is 10.8 Å². The lowest BCUT2D eigenvalue weighted by atomic mass is 9.80. The molecule has 254 valence electrons. The maximum absolute atomic E-state index is 10.8. The summed E-state index contributed by atoms with van der Waals surface area (Å²) in [5.41, 5.74) is 16.4. The summed E-state index contributed by atoms with van der Waals surface area (Å²) in [6.07, 6.45) is 0. The molecule has 0 saturated carbocycles. The summed E-state index contributed by atoms with van der Waals surface area (Å²) in [6, 6.07) is 52.4. The van der Waals surface area contributed by atoms with Crippen molar-refractivity contribution in [3.05, 3.63) is 167 Å². The van der Waals surface area contributed by atoms with Gasteiger partial charge in [-0.15, -0.1) is 0 Å². The summed E-state index contributed by atoms with van der Waals surface area (Å²) in [7, 11) is 0. The first-order valence-corrected chi connectivity index (χ1v) is 18.6. The molecule has 0 unspecified atom stereocenters. The van der Waals surface area contributed by atoms with E-state index in [9.17, 15) is 10.5 Å². The number of nitriles is 2. The van der Waals surface area contributed by atoms with Crippen LogP contribution in [-0.4, -0.2) is 9.13 Å². The van der Waals surface area contributed by atoms with Crippen molar-refractivity contribution in [2.45, 2.75) is 38.5 Å². The average molecular weight is 691 g/mol. The molecule has 4 heteroatoms. The molecule has 0 atom stereocenters. The van der Waals surface area contributed by atoms with Crippen LogP contribution in [0.15, 0.2) is 133 Å². The second kappa shape index (κ2) is 10.4. The van der Waals surface area contributed by atoms with Crippen LogP contribution in [0.25, 0.3) is 77.2 Å². The van der Waals surface area contributed by atoms with Crippen molar-refractivity contribution in [1.82, 2.24) is 9.13 Å². The molecule has 11 rings (SSSR count). The van der Waals surface area contributed by atoms with Crippen LogP contribution in [0.3, 0.4) is 0 Å². The number of para-hydroxylation sites is 2. The third-order valence-corrected chi connectivity index (χ3v) is 12.5. The highest BCUT2D eigenvalue weighted by atomic mass is 15.0. The minimum Gasteiger partial charge on any atom is -0.309 e. The van der Waals surface area contributed by atoms with Gasteiger partial charge in [-0.2, -0.15) is 10.5 Å². The molecule has 54 heavy (non-hydrogen) atoms. The summed E-state index contributed by atoms with van der Waals surface area (Å²) in [5.74, 6) is 0. The van der Waals surface area contributed by atoms with Crippen molar-refractivity contribution < 1.29 is 0 Å². The van der Waals surface area contributed by atoms with Crippen molar-refractivity contribution in [3.63, 3.8) is 0 Å². The summed E-state index contributed by atoms with van der Waals surface area (Å²) >= 11 is 0. The zero-order chi connectivity index (χ0) is 36.7. The highest BCUT2D eigenvalue weighted by molar-refractivity contribution is 6.16. The zero-order valence-corrected chi connectivity index (χ0v) is 30.5. The van der Waals surface area contributed by atoms with Crippen LogP contribution in [0.1, 0.15) is 61.1 Å². The largest absolute Gasteiger partial charge is 0.309 e. The Morgan fingerprint density at radius 2 is 0.944 bits per heavy atom. The molecule has 7 aromatic carbocycles. The number of rotatable bonds is 2. The van der Waals surface area contributed by atoms with Gasteiger partial charge in [0.15, 0.2) is 0 Å². The van der Waals surface area contributed by atoms with E-state index < -0.39 is 0 Å². The van der Waals surface area contributed by atoms with Crippen LogP contribution in [0, 0.1) is 22.7 Å². The SMILES string of the molecule is CC1(C)c2ccccc2-c2ccc3c(c21)c1ccccc1n3-c1cc(C#N)c(C#N)c(-n2c3ccccc3c3c4c(ccc32)-c2ccccc2C4(C)C)c1. The molecule has 0 amide bonds. The van der Waals surface area contributed by atoms with E-state index in [1.54, 1.807) is 0 Å². The molecule has 0 fully saturated rings. The monoisotopic (exact) mass is 690 g/mol. The van der Waals surface area contributed by atoms with Gasteiger partial charge in [-0.3, -0.25) is 0 Å². The molecule has 2 aliphatic rings.